The number of aryl methyl sites for hydroxylation is 2. The average molecular weight is 465 g/mol. The van der Waals surface area contributed by atoms with Gasteiger partial charge in [0.15, 0.2) is 11.6 Å². The van der Waals surface area contributed by atoms with Gasteiger partial charge in [-0.25, -0.2) is 38.4 Å². The number of nitrogens with zero attached hydrogens (tertiary/aromatic N) is 7. The van der Waals surface area contributed by atoms with Crippen LogP contribution in [0.15, 0.2) is 43.0 Å². The van der Waals surface area contributed by atoms with Crippen molar-refractivity contribution in [3.8, 4) is 17.1 Å². The molecular formula is C22H21F2N9O. The van der Waals surface area contributed by atoms with E-state index in [1.807, 2.05) is 19.9 Å². The van der Waals surface area contributed by atoms with Crippen molar-refractivity contribution < 1.29 is 13.5 Å². The summed E-state index contributed by atoms with van der Waals surface area (Å²) in [5.41, 5.74) is 2.01. The van der Waals surface area contributed by atoms with Crippen LogP contribution in [0.1, 0.15) is 24.0 Å². The maximum absolute atomic E-state index is 13.4. The predicted octanol–water partition coefficient (Wildman–Crippen LogP) is 4.22. The van der Waals surface area contributed by atoms with Crippen molar-refractivity contribution in [1.29, 1.82) is 0 Å². The summed E-state index contributed by atoms with van der Waals surface area (Å²) in [6.45, 7) is 3.71. The fourth-order valence-electron chi connectivity index (χ4n) is 3.61. The van der Waals surface area contributed by atoms with Crippen LogP contribution in [0.4, 0.5) is 31.9 Å². The Bertz CT molecular complexity index is 1340. The molecule has 5 rings (SSSR count). The molecule has 0 spiro atoms. The summed E-state index contributed by atoms with van der Waals surface area (Å²) in [6.07, 6.45) is 2.51. The van der Waals surface area contributed by atoms with Crippen molar-refractivity contribution in [3.63, 3.8) is 0 Å². The molecule has 4 aromatic rings. The Morgan fingerprint density at radius 1 is 1.03 bits per heavy atom. The first-order valence-corrected chi connectivity index (χ1v) is 10.5. The maximum Gasteiger partial charge on any atom is 0.272 e. The summed E-state index contributed by atoms with van der Waals surface area (Å²) in [7, 11) is 1.52. The molecule has 0 radical (unpaired) electrons. The molecule has 3 aromatic heterocycles. The highest BCUT2D eigenvalue weighted by atomic mass is 19.3. The second-order valence-corrected chi connectivity index (χ2v) is 7.90. The number of hydrogen-bond donors (Lipinski definition) is 2. The first-order chi connectivity index (χ1) is 16.3. The summed E-state index contributed by atoms with van der Waals surface area (Å²) in [5, 5.41) is 10.6. The zero-order valence-electron chi connectivity index (χ0n) is 18.6. The largest absolute Gasteiger partial charge is 0.494 e. The Hall–Kier alpha value is -4.22. The van der Waals surface area contributed by atoms with Gasteiger partial charge in [0.2, 0.25) is 0 Å². The van der Waals surface area contributed by atoms with Gasteiger partial charge in [0.05, 0.1) is 18.4 Å². The second-order valence-electron chi connectivity index (χ2n) is 7.90. The lowest BCUT2D eigenvalue weighted by Crippen LogP contribution is -2.03. The van der Waals surface area contributed by atoms with Crippen LogP contribution in [0.25, 0.3) is 11.4 Å². The van der Waals surface area contributed by atoms with Gasteiger partial charge in [-0.1, -0.05) is 6.07 Å². The maximum atomic E-state index is 13.4. The van der Waals surface area contributed by atoms with Gasteiger partial charge in [0.1, 0.15) is 42.0 Å². The standard InChI is InChI=1S/C22H21F2N9O/c1-12-7-19(29-13(2)28-12)31-18-8-17(25-10-26-18)30-15-6-4-5-14(20(15)34-3)21-27-11-33(32-21)16-9-22(16,23)24/h4-8,10-11,16H,9H2,1-3H3,(H2,25,26,28,29,30,31). The Kier molecular flexibility index (Phi) is 5.27. The van der Waals surface area contributed by atoms with Crippen LogP contribution < -0.4 is 15.4 Å². The van der Waals surface area contributed by atoms with Crippen LogP contribution in [-0.4, -0.2) is 47.7 Å². The van der Waals surface area contributed by atoms with Crippen molar-refractivity contribution in [2.45, 2.75) is 32.2 Å². The molecule has 0 saturated heterocycles. The lowest BCUT2D eigenvalue weighted by molar-refractivity contribution is 0.0983. The SMILES string of the molecule is COc1c(Nc2cc(Nc3cc(C)nc(C)n3)ncn2)cccc1-c1ncn(C2CC2(F)F)n1. The molecule has 1 fully saturated rings. The van der Waals surface area contributed by atoms with E-state index in [1.54, 1.807) is 24.3 Å². The number of hydrogen-bond acceptors (Lipinski definition) is 9. The molecule has 1 atom stereocenters. The van der Waals surface area contributed by atoms with E-state index in [0.717, 1.165) is 5.69 Å². The number of anilines is 4. The zero-order valence-corrected chi connectivity index (χ0v) is 18.6. The van der Waals surface area contributed by atoms with E-state index in [4.69, 9.17) is 4.74 Å². The van der Waals surface area contributed by atoms with Crippen LogP contribution in [0.3, 0.4) is 0 Å². The molecule has 0 amide bonds. The third kappa shape index (κ3) is 4.34. The van der Waals surface area contributed by atoms with E-state index >= 15 is 0 Å². The van der Waals surface area contributed by atoms with Gasteiger partial charge < -0.3 is 15.4 Å². The van der Waals surface area contributed by atoms with Crippen LogP contribution >= 0.6 is 0 Å². The molecule has 174 valence electrons. The van der Waals surface area contributed by atoms with Crippen LogP contribution in [0.2, 0.25) is 0 Å². The molecule has 12 heteroatoms. The van der Waals surface area contributed by atoms with Crippen LogP contribution in [-0.2, 0) is 0 Å². The number of ether oxygens (including phenoxy) is 1. The van der Waals surface area contributed by atoms with E-state index in [9.17, 15) is 8.78 Å². The van der Waals surface area contributed by atoms with Crippen LogP contribution in [0, 0.1) is 13.8 Å². The number of nitrogens with one attached hydrogen (secondary N) is 2. The summed E-state index contributed by atoms with van der Waals surface area (Å²) < 4.78 is 33.6. The third-order valence-electron chi connectivity index (χ3n) is 5.23. The fraction of sp³-hybridized carbons (Fsp3) is 0.273. The van der Waals surface area contributed by atoms with Crippen molar-refractivity contribution in [2.75, 3.05) is 17.7 Å². The number of alkyl halides is 2. The first kappa shape index (κ1) is 21.6. The van der Waals surface area contributed by atoms with Crippen molar-refractivity contribution >= 4 is 23.1 Å². The van der Waals surface area contributed by atoms with E-state index in [0.29, 0.717) is 46.1 Å². The van der Waals surface area contributed by atoms with Crippen molar-refractivity contribution in [3.05, 3.63) is 54.5 Å². The number of aromatic nitrogens is 7. The lowest BCUT2D eigenvalue weighted by atomic mass is 10.1. The van der Waals surface area contributed by atoms with Gasteiger partial charge in [-0.3, -0.25) is 0 Å². The molecule has 0 bridgehead atoms. The number of benzene rings is 1. The molecule has 34 heavy (non-hydrogen) atoms. The molecule has 10 nitrogen and oxygen atoms in total. The van der Waals surface area contributed by atoms with E-state index in [-0.39, 0.29) is 6.42 Å². The average Bonchev–Trinajstić information content (AvgIpc) is 3.17. The lowest BCUT2D eigenvalue weighted by Gasteiger charge is -2.14. The Morgan fingerprint density at radius 3 is 2.50 bits per heavy atom. The van der Waals surface area contributed by atoms with Gasteiger partial charge >= 0.3 is 0 Å². The zero-order chi connectivity index (χ0) is 23.9. The molecule has 3 heterocycles. The van der Waals surface area contributed by atoms with Gasteiger partial charge in [0.25, 0.3) is 5.92 Å². The summed E-state index contributed by atoms with van der Waals surface area (Å²) >= 11 is 0. The van der Waals surface area contributed by atoms with Gasteiger partial charge in [-0.2, -0.15) is 5.10 Å². The third-order valence-corrected chi connectivity index (χ3v) is 5.23. The Balaban J connectivity index is 1.39. The normalized spacial score (nSPS) is 16.2. The molecule has 1 aromatic carbocycles. The van der Waals surface area contributed by atoms with Crippen molar-refractivity contribution in [2.24, 2.45) is 0 Å². The second kappa shape index (κ2) is 8.28. The number of halogens is 2. The van der Waals surface area contributed by atoms with E-state index in [1.165, 1.54) is 24.4 Å². The van der Waals surface area contributed by atoms with Gasteiger partial charge in [-0.15, -0.1) is 0 Å². The predicted molar refractivity (Wildman–Crippen MR) is 121 cm³/mol. The highest BCUT2D eigenvalue weighted by Gasteiger charge is 2.59. The highest BCUT2D eigenvalue weighted by molar-refractivity contribution is 5.77. The minimum Gasteiger partial charge on any atom is -0.494 e. The van der Waals surface area contributed by atoms with Crippen LogP contribution in [0.5, 0.6) is 5.75 Å². The fourth-order valence-corrected chi connectivity index (χ4v) is 3.61. The first-order valence-electron chi connectivity index (χ1n) is 10.5. The van der Waals surface area contributed by atoms with Gasteiger partial charge in [-0.05, 0) is 26.0 Å². The topological polar surface area (TPSA) is 116 Å². The minimum atomic E-state index is -2.74. The number of methoxy groups -OCH3 is 1. The summed E-state index contributed by atoms with van der Waals surface area (Å²) in [6, 6.07) is 7.96. The molecule has 2 N–H and O–H groups in total. The number of para-hydroxylation sites is 1. The summed E-state index contributed by atoms with van der Waals surface area (Å²) in [4.78, 5) is 21.3. The molecular weight excluding hydrogens is 444 g/mol. The molecule has 1 aliphatic carbocycles. The summed E-state index contributed by atoms with van der Waals surface area (Å²) in [5.74, 6) is 0.332. The Labute approximate surface area is 193 Å². The smallest absolute Gasteiger partial charge is 0.272 e. The van der Waals surface area contributed by atoms with E-state index in [2.05, 4.69) is 40.7 Å². The monoisotopic (exact) mass is 465 g/mol. The molecule has 1 saturated carbocycles. The highest BCUT2D eigenvalue weighted by Crippen LogP contribution is 2.52. The quantitative estimate of drug-likeness (QED) is 0.414. The minimum absolute atomic E-state index is 0.229. The molecule has 1 unspecified atom stereocenters. The Morgan fingerprint density at radius 2 is 1.79 bits per heavy atom. The van der Waals surface area contributed by atoms with E-state index < -0.39 is 12.0 Å². The van der Waals surface area contributed by atoms with Crippen molar-refractivity contribution in [1.82, 2.24) is 34.7 Å². The molecule has 1 aliphatic rings. The van der Waals surface area contributed by atoms with Gasteiger partial charge in [0, 0.05) is 24.2 Å². The number of rotatable bonds is 7. The molecule has 0 aliphatic heterocycles.